The first-order valence-electron chi connectivity index (χ1n) is 8.26. The third kappa shape index (κ3) is 3.35. The van der Waals surface area contributed by atoms with Crippen LogP contribution in [0.25, 0.3) is 22.2 Å². The fraction of sp³-hybridized carbons (Fsp3) is 0.368. The topological polar surface area (TPSA) is 66.8 Å². The molecule has 0 atom stereocenters. The van der Waals surface area contributed by atoms with Crippen LogP contribution in [0.5, 0.6) is 0 Å². The number of rotatable bonds is 4. The van der Waals surface area contributed by atoms with E-state index in [0.29, 0.717) is 5.92 Å². The first kappa shape index (κ1) is 16.3. The quantitative estimate of drug-likeness (QED) is 0.712. The average Bonchev–Trinajstić information content (AvgIpc) is 2.91. The molecular formula is C19H23N5. The SMILES string of the molecule is CC(C)=Nc1ncc(-c2c[nH]c3nc(CC(C)C)ncc23)cc1C. The number of aromatic amines is 1. The van der Waals surface area contributed by atoms with Crippen molar-refractivity contribution in [2.45, 2.75) is 41.0 Å². The molecule has 3 rings (SSSR count). The summed E-state index contributed by atoms with van der Waals surface area (Å²) in [5.41, 5.74) is 5.05. The lowest BCUT2D eigenvalue weighted by molar-refractivity contribution is 0.622. The van der Waals surface area contributed by atoms with Crippen molar-refractivity contribution < 1.29 is 0 Å². The number of nitrogens with one attached hydrogen (secondary N) is 1. The van der Waals surface area contributed by atoms with E-state index in [9.17, 15) is 0 Å². The van der Waals surface area contributed by atoms with E-state index >= 15 is 0 Å². The molecular weight excluding hydrogens is 298 g/mol. The molecule has 0 aromatic carbocycles. The molecule has 3 aromatic rings. The molecule has 0 fully saturated rings. The molecule has 0 aliphatic carbocycles. The molecule has 3 aromatic heterocycles. The summed E-state index contributed by atoms with van der Waals surface area (Å²) in [5.74, 6) is 2.19. The Morgan fingerprint density at radius 1 is 1.21 bits per heavy atom. The van der Waals surface area contributed by atoms with Crippen molar-refractivity contribution in [3.05, 3.63) is 36.0 Å². The van der Waals surface area contributed by atoms with Gasteiger partial charge < -0.3 is 4.98 Å². The number of aliphatic imine (C=N–C) groups is 1. The molecule has 0 unspecified atom stereocenters. The van der Waals surface area contributed by atoms with E-state index in [2.05, 4.69) is 44.8 Å². The Hall–Kier alpha value is -2.56. The van der Waals surface area contributed by atoms with Gasteiger partial charge >= 0.3 is 0 Å². The molecule has 5 nitrogen and oxygen atoms in total. The number of aromatic nitrogens is 4. The summed E-state index contributed by atoms with van der Waals surface area (Å²) in [5, 5.41) is 1.02. The largest absolute Gasteiger partial charge is 0.345 e. The van der Waals surface area contributed by atoms with Gasteiger partial charge in [-0.2, -0.15) is 0 Å². The number of fused-ring (bicyclic) bond motifs is 1. The number of hydrogen-bond acceptors (Lipinski definition) is 4. The Morgan fingerprint density at radius 2 is 2.00 bits per heavy atom. The molecule has 0 aliphatic heterocycles. The van der Waals surface area contributed by atoms with Crippen LogP contribution in [0.1, 0.15) is 39.1 Å². The highest BCUT2D eigenvalue weighted by Crippen LogP contribution is 2.29. The van der Waals surface area contributed by atoms with E-state index in [0.717, 1.165) is 51.5 Å². The lowest BCUT2D eigenvalue weighted by atomic mass is 10.1. The molecule has 1 N–H and O–H groups in total. The monoisotopic (exact) mass is 321 g/mol. The Morgan fingerprint density at radius 3 is 2.67 bits per heavy atom. The van der Waals surface area contributed by atoms with Crippen molar-refractivity contribution in [3.8, 4) is 11.1 Å². The number of H-pyrrole nitrogens is 1. The number of hydrogen-bond donors (Lipinski definition) is 1. The van der Waals surface area contributed by atoms with Gasteiger partial charge in [0.1, 0.15) is 11.5 Å². The van der Waals surface area contributed by atoms with Gasteiger partial charge in [0.2, 0.25) is 0 Å². The minimum Gasteiger partial charge on any atom is -0.345 e. The van der Waals surface area contributed by atoms with Crippen molar-refractivity contribution in [3.63, 3.8) is 0 Å². The summed E-state index contributed by atoms with van der Waals surface area (Å²) in [6, 6.07) is 2.11. The molecule has 0 spiro atoms. The van der Waals surface area contributed by atoms with Crippen molar-refractivity contribution >= 4 is 22.6 Å². The summed E-state index contributed by atoms with van der Waals surface area (Å²) in [6.07, 6.45) is 6.62. The molecule has 0 saturated carbocycles. The zero-order valence-electron chi connectivity index (χ0n) is 14.9. The minimum absolute atomic E-state index is 0.541. The second kappa shape index (κ2) is 6.51. The van der Waals surface area contributed by atoms with Crippen molar-refractivity contribution in [1.82, 2.24) is 19.9 Å². The zero-order valence-corrected chi connectivity index (χ0v) is 14.9. The van der Waals surface area contributed by atoms with Crippen LogP contribution in [0.4, 0.5) is 5.82 Å². The van der Waals surface area contributed by atoms with Gasteiger partial charge in [0, 0.05) is 47.2 Å². The van der Waals surface area contributed by atoms with E-state index in [1.54, 1.807) is 0 Å². The first-order valence-corrected chi connectivity index (χ1v) is 8.26. The van der Waals surface area contributed by atoms with E-state index in [4.69, 9.17) is 0 Å². The maximum Gasteiger partial charge on any atom is 0.154 e. The van der Waals surface area contributed by atoms with Gasteiger partial charge in [0.15, 0.2) is 5.82 Å². The van der Waals surface area contributed by atoms with Crippen molar-refractivity contribution in [2.24, 2.45) is 10.9 Å². The molecule has 24 heavy (non-hydrogen) atoms. The molecule has 0 saturated heterocycles. The van der Waals surface area contributed by atoms with Crippen LogP contribution >= 0.6 is 0 Å². The predicted molar refractivity (Wildman–Crippen MR) is 98.8 cm³/mol. The normalized spacial score (nSPS) is 11.2. The Bertz CT molecular complexity index is 901. The standard InChI is InChI=1S/C19H23N5/c1-11(2)6-17-20-10-16-15(9-22-19(16)24-17)14-7-13(5)18(21-8-14)23-12(3)4/h7-11H,6H2,1-5H3,(H,20,22,24). The maximum atomic E-state index is 4.63. The number of pyridine rings is 1. The highest BCUT2D eigenvalue weighted by molar-refractivity contribution is 5.93. The summed E-state index contributed by atoms with van der Waals surface area (Å²) in [7, 11) is 0. The third-order valence-corrected chi connectivity index (χ3v) is 3.76. The highest BCUT2D eigenvalue weighted by Gasteiger charge is 2.11. The van der Waals surface area contributed by atoms with Gasteiger partial charge in [-0.1, -0.05) is 13.8 Å². The van der Waals surface area contributed by atoms with Gasteiger partial charge in [0.25, 0.3) is 0 Å². The van der Waals surface area contributed by atoms with Crippen LogP contribution < -0.4 is 0 Å². The summed E-state index contributed by atoms with van der Waals surface area (Å²) >= 11 is 0. The van der Waals surface area contributed by atoms with Crippen LogP contribution in [0, 0.1) is 12.8 Å². The molecule has 3 heterocycles. The van der Waals surface area contributed by atoms with E-state index in [1.807, 2.05) is 39.4 Å². The van der Waals surface area contributed by atoms with E-state index in [1.165, 1.54) is 0 Å². The minimum atomic E-state index is 0.541. The van der Waals surface area contributed by atoms with Gasteiger partial charge in [-0.25, -0.2) is 19.9 Å². The Balaban J connectivity index is 2.01. The second-order valence-electron chi connectivity index (χ2n) is 6.77. The lowest BCUT2D eigenvalue weighted by Gasteiger charge is -2.05. The van der Waals surface area contributed by atoms with Gasteiger partial charge in [-0.3, -0.25) is 0 Å². The Kier molecular flexibility index (Phi) is 4.42. The van der Waals surface area contributed by atoms with Crippen LogP contribution in [0.2, 0.25) is 0 Å². The summed E-state index contributed by atoms with van der Waals surface area (Å²) < 4.78 is 0. The number of nitrogens with zero attached hydrogens (tertiary/aromatic N) is 4. The van der Waals surface area contributed by atoms with Crippen LogP contribution in [0.15, 0.2) is 29.6 Å². The van der Waals surface area contributed by atoms with Gasteiger partial charge in [-0.05, 0) is 38.3 Å². The summed E-state index contributed by atoms with van der Waals surface area (Å²) in [4.78, 5) is 21.4. The molecule has 0 radical (unpaired) electrons. The van der Waals surface area contributed by atoms with Crippen LogP contribution in [0.3, 0.4) is 0 Å². The fourth-order valence-electron chi connectivity index (χ4n) is 2.69. The van der Waals surface area contributed by atoms with E-state index in [-0.39, 0.29) is 0 Å². The highest BCUT2D eigenvalue weighted by atomic mass is 14.9. The second-order valence-corrected chi connectivity index (χ2v) is 6.77. The zero-order chi connectivity index (χ0) is 17.3. The lowest BCUT2D eigenvalue weighted by Crippen LogP contribution is -2.00. The summed E-state index contributed by atoms with van der Waals surface area (Å²) in [6.45, 7) is 10.3. The van der Waals surface area contributed by atoms with Gasteiger partial charge in [-0.15, -0.1) is 0 Å². The average molecular weight is 321 g/mol. The third-order valence-electron chi connectivity index (χ3n) is 3.76. The smallest absolute Gasteiger partial charge is 0.154 e. The van der Waals surface area contributed by atoms with E-state index < -0.39 is 0 Å². The molecule has 0 aliphatic rings. The van der Waals surface area contributed by atoms with Crippen LogP contribution in [-0.4, -0.2) is 25.6 Å². The molecule has 5 heteroatoms. The molecule has 0 amide bonds. The maximum absolute atomic E-state index is 4.63. The molecule has 0 bridgehead atoms. The Labute approximate surface area is 142 Å². The van der Waals surface area contributed by atoms with Gasteiger partial charge in [0.05, 0.1) is 0 Å². The first-order chi connectivity index (χ1) is 11.4. The van der Waals surface area contributed by atoms with Crippen molar-refractivity contribution in [1.29, 1.82) is 0 Å². The molecule has 124 valence electrons. The number of aryl methyl sites for hydroxylation is 1. The van der Waals surface area contributed by atoms with Crippen molar-refractivity contribution in [2.75, 3.05) is 0 Å². The predicted octanol–water partition coefficient (Wildman–Crippen LogP) is 4.64. The van der Waals surface area contributed by atoms with Crippen LogP contribution in [-0.2, 0) is 6.42 Å². The fourth-order valence-corrected chi connectivity index (χ4v) is 2.69.